The van der Waals surface area contributed by atoms with Crippen LogP contribution >= 0.6 is 0 Å². The molecule has 3 N–H and O–H groups in total. The predicted molar refractivity (Wildman–Crippen MR) is 321 cm³/mol. The average molecular weight is 1100 g/mol. The van der Waals surface area contributed by atoms with Gasteiger partial charge in [-0.05, 0) is 116 Å². The number of carbonyl (C=O) groups excluding carboxylic acids is 3. The van der Waals surface area contributed by atoms with Gasteiger partial charge in [0.25, 0.3) is 0 Å². The molecule has 0 amide bonds. The quantitative estimate of drug-likeness (QED) is 0.0228. The second-order valence-electron chi connectivity index (χ2n) is 20.2. The first kappa shape index (κ1) is 72.1. The van der Waals surface area contributed by atoms with Gasteiger partial charge in [0.1, 0.15) is 18.8 Å². The fourth-order valence-electron chi connectivity index (χ4n) is 8.40. The number of hydrogen-bond acceptors (Lipinski definition) is 11. The van der Waals surface area contributed by atoms with Crippen molar-refractivity contribution in [3.8, 4) is 0 Å². The van der Waals surface area contributed by atoms with Crippen molar-refractivity contribution in [3.63, 3.8) is 0 Å². The lowest BCUT2D eigenvalue weighted by molar-refractivity contribution is -0.301. The molecule has 0 aromatic carbocycles. The lowest BCUT2D eigenvalue weighted by atomic mass is 9.98. The number of aliphatic carboxylic acids is 1. The molecule has 12 heteroatoms. The van der Waals surface area contributed by atoms with E-state index >= 15 is 0 Å². The minimum Gasteiger partial charge on any atom is -0.479 e. The molecule has 12 nitrogen and oxygen atoms in total. The van der Waals surface area contributed by atoms with Gasteiger partial charge in [0.05, 0.1) is 6.61 Å². The summed E-state index contributed by atoms with van der Waals surface area (Å²) < 4.78 is 28.3. The molecule has 79 heavy (non-hydrogen) atoms. The van der Waals surface area contributed by atoms with E-state index in [0.29, 0.717) is 19.3 Å². The molecule has 0 aliphatic carbocycles. The molecule has 0 aromatic heterocycles. The summed E-state index contributed by atoms with van der Waals surface area (Å²) in [5.74, 6) is -3.29. The van der Waals surface area contributed by atoms with Crippen LogP contribution in [0.5, 0.6) is 0 Å². The Morgan fingerprint density at radius 1 is 0.430 bits per heavy atom. The molecule has 6 unspecified atom stereocenters. The predicted octanol–water partition coefficient (Wildman–Crippen LogP) is 16.0. The summed E-state index contributed by atoms with van der Waals surface area (Å²) in [6.45, 7) is 5.67. The number of allylic oxidation sites excluding steroid dienone is 20. The van der Waals surface area contributed by atoms with E-state index < -0.39 is 67.3 Å². The smallest absolute Gasteiger partial charge is 0.335 e. The Kier molecular flexibility index (Phi) is 49.1. The Hall–Kier alpha value is -4.88. The van der Waals surface area contributed by atoms with Crippen molar-refractivity contribution in [2.75, 3.05) is 13.2 Å². The van der Waals surface area contributed by atoms with E-state index in [1.54, 1.807) is 0 Å². The zero-order valence-corrected chi connectivity index (χ0v) is 49.1. The van der Waals surface area contributed by atoms with Crippen molar-refractivity contribution in [1.29, 1.82) is 0 Å². The number of carbonyl (C=O) groups is 4. The summed E-state index contributed by atoms with van der Waals surface area (Å²) in [5.41, 5.74) is 0. The van der Waals surface area contributed by atoms with E-state index in [9.17, 15) is 34.5 Å². The average Bonchev–Trinajstić information content (AvgIpc) is 3.44. The number of esters is 3. The van der Waals surface area contributed by atoms with Crippen molar-refractivity contribution >= 4 is 23.9 Å². The molecule has 1 rings (SSSR count). The van der Waals surface area contributed by atoms with Gasteiger partial charge >= 0.3 is 23.9 Å². The van der Waals surface area contributed by atoms with Gasteiger partial charge in [-0.25, -0.2) is 4.79 Å². The molecule has 0 bridgehead atoms. The first-order valence-electron chi connectivity index (χ1n) is 30.5. The maximum atomic E-state index is 13.2. The van der Waals surface area contributed by atoms with E-state index in [1.165, 1.54) is 57.8 Å². The van der Waals surface area contributed by atoms with Crippen LogP contribution in [-0.4, -0.2) is 89.2 Å². The van der Waals surface area contributed by atoms with E-state index in [4.69, 9.17) is 23.7 Å². The van der Waals surface area contributed by atoms with Crippen LogP contribution in [-0.2, 0) is 42.9 Å². The largest absolute Gasteiger partial charge is 0.479 e. The van der Waals surface area contributed by atoms with Crippen LogP contribution in [0.1, 0.15) is 226 Å². The second kappa shape index (κ2) is 53.7. The Morgan fingerprint density at radius 2 is 0.823 bits per heavy atom. The van der Waals surface area contributed by atoms with Gasteiger partial charge in [-0.2, -0.15) is 0 Å². The number of rotatable bonds is 50. The van der Waals surface area contributed by atoms with Gasteiger partial charge in [-0.15, -0.1) is 0 Å². The molecule has 1 heterocycles. The summed E-state index contributed by atoms with van der Waals surface area (Å²) in [4.78, 5) is 51.2. The highest BCUT2D eigenvalue weighted by Gasteiger charge is 2.50. The van der Waals surface area contributed by atoms with Gasteiger partial charge in [-0.1, -0.05) is 213 Å². The van der Waals surface area contributed by atoms with Gasteiger partial charge in [-0.3, -0.25) is 14.4 Å². The molecule has 6 atom stereocenters. The zero-order chi connectivity index (χ0) is 57.5. The Labute approximate surface area is 478 Å². The molecule has 0 aromatic rings. The first-order valence-corrected chi connectivity index (χ1v) is 30.5. The van der Waals surface area contributed by atoms with Crippen LogP contribution in [0, 0.1) is 0 Å². The van der Waals surface area contributed by atoms with Gasteiger partial charge in [0.15, 0.2) is 24.6 Å². The van der Waals surface area contributed by atoms with Crippen LogP contribution in [0.25, 0.3) is 0 Å². The van der Waals surface area contributed by atoms with Crippen LogP contribution in [0.2, 0.25) is 0 Å². The lowest BCUT2D eigenvalue weighted by Crippen LogP contribution is -2.61. The van der Waals surface area contributed by atoms with E-state index in [1.807, 2.05) is 12.2 Å². The van der Waals surface area contributed by atoms with Crippen LogP contribution in [0.3, 0.4) is 0 Å². The summed E-state index contributed by atoms with van der Waals surface area (Å²) >= 11 is 0. The molecule has 1 aliphatic heterocycles. The number of carboxylic acids is 1. The third-order valence-electron chi connectivity index (χ3n) is 13.0. The van der Waals surface area contributed by atoms with Gasteiger partial charge in [0, 0.05) is 19.3 Å². The molecule has 0 saturated carbocycles. The Bertz CT molecular complexity index is 1840. The van der Waals surface area contributed by atoms with Crippen LogP contribution in [0.15, 0.2) is 122 Å². The maximum absolute atomic E-state index is 13.2. The number of hydrogen-bond donors (Lipinski definition) is 3. The van der Waals surface area contributed by atoms with E-state index in [-0.39, 0.29) is 25.9 Å². The number of ether oxygens (including phenoxy) is 5. The number of unbranched alkanes of at least 4 members (excludes halogenated alkanes) is 16. The molecule has 0 spiro atoms. The van der Waals surface area contributed by atoms with Crippen LogP contribution in [0.4, 0.5) is 0 Å². The fourth-order valence-corrected chi connectivity index (χ4v) is 8.40. The van der Waals surface area contributed by atoms with Gasteiger partial charge in [0.2, 0.25) is 0 Å². The SMILES string of the molecule is CC/C=C\C/C=C\C/C=C\C/C=C\C/C=C\C/C=C\CCC(=O)OCC(COC1OC(C(=O)O)C(O)C(O)C1OC(=O)CCCCC/C=C\C/C=C\C/C=C\CC)OC(=O)CCCCCCCCC/C=C\CCCCCCCC. The normalized spacial score (nSPS) is 18.7. The van der Waals surface area contributed by atoms with E-state index in [2.05, 4.69) is 130 Å². The fraction of sp³-hybridized carbons (Fsp3) is 0.642. The minimum absolute atomic E-state index is 0.0118. The standard InChI is InChI=1S/C67H106O12/c1-4-7-10-13-16-19-22-25-27-29-30-32-33-36-38-41-44-47-50-53-59(68)75-56-58(77-60(69)54-51-48-45-42-40-37-34-31-28-26-23-20-17-14-11-8-5-2)57-76-67-65(63(72)62(71)64(79-67)66(73)74)78-61(70)55-52-49-46-43-39-35-24-21-18-15-12-9-6-3/h7,9-10,12,16,18-19,21,25-28,30,32,35-36,38-39,44,47,58,62-65,67,71-72H,4-6,8,11,13-15,17,20,22-24,29,31,33-34,37,40-43,45-46,48-57H2,1-3H3,(H,73,74)/b10-7-,12-9-,19-16-,21-18-,27-25-,28-26-,32-30-,38-36-,39-35-,47-44-. The molecule has 1 saturated heterocycles. The monoisotopic (exact) mass is 1100 g/mol. The van der Waals surface area contributed by atoms with Crippen molar-refractivity contribution in [3.05, 3.63) is 122 Å². The van der Waals surface area contributed by atoms with Crippen molar-refractivity contribution in [1.82, 2.24) is 0 Å². The maximum Gasteiger partial charge on any atom is 0.335 e. The second-order valence-corrected chi connectivity index (χ2v) is 20.2. The highest BCUT2D eigenvalue weighted by atomic mass is 16.7. The van der Waals surface area contributed by atoms with Crippen molar-refractivity contribution < 1.29 is 58.2 Å². The molecule has 0 radical (unpaired) electrons. The lowest BCUT2D eigenvalue weighted by Gasteiger charge is -2.40. The van der Waals surface area contributed by atoms with Crippen LogP contribution < -0.4 is 0 Å². The summed E-state index contributed by atoms with van der Waals surface area (Å²) in [7, 11) is 0. The molecule has 1 fully saturated rings. The Balaban J connectivity index is 2.75. The third-order valence-corrected chi connectivity index (χ3v) is 13.0. The van der Waals surface area contributed by atoms with E-state index in [0.717, 1.165) is 109 Å². The molecular weight excluding hydrogens is 997 g/mol. The molecular formula is C67H106O12. The van der Waals surface area contributed by atoms with Crippen molar-refractivity contribution in [2.45, 2.75) is 263 Å². The number of aliphatic hydroxyl groups is 2. The summed E-state index contributed by atoms with van der Waals surface area (Å²) in [6, 6.07) is 0. The van der Waals surface area contributed by atoms with Gasteiger partial charge < -0.3 is 39.0 Å². The number of aliphatic hydroxyl groups excluding tert-OH is 2. The first-order chi connectivity index (χ1) is 38.6. The summed E-state index contributed by atoms with van der Waals surface area (Å²) in [6.07, 6.45) is 61.8. The molecule has 446 valence electrons. The highest BCUT2D eigenvalue weighted by molar-refractivity contribution is 5.74. The van der Waals surface area contributed by atoms with Crippen molar-refractivity contribution in [2.24, 2.45) is 0 Å². The zero-order valence-electron chi connectivity index (χ0n) is 49.1. The third kappa shape index (κ3) is 43.6. The number of carboxylic acid groups (broad SMARTS) is 1. The molecule has 1 aliphatic rings. The Morgan fingerprint density at radius 3 is 1.29 bits per heavy atom. The summed E-state index contributed by atoms with van der Waals surface area (Å²) in [5, 5.41) is 31.5. The topological polar surface area (TPSA) is 175 Å². The highest BCUT2D eigenvalue weighted by Crippen LogP contribution is 2.26. The minimum atomic E-state index is -1.93.